The van der Waals surface area contributed by atoms with Crippen LogP contribution in [0.1, 0.15) is 42.5 Å². The fourth-order valence-corrected chi connectivity index (χ4v) is 4.19. The van der Waals surface area contributed by atoms with E-state index in [0.717, 1.165) is 18.2 Å². The first-order valence-electron chi connectivity index (χ1n) is 6.97. The number of carboxylic acid groups (broad SMARTS) is 1. The molecule has 0 bridgehead atoms. The second-order valence-electron chi connectivity index (χ2n) is 5.53. The molecular formula is C15H18BrNO2. The Morgan fingerprint density at radius 3 is 2.84 bits per heavy atom. The summed E-state index contributed by atoms with van der Waals surface area (Å²) >= 11 is 3.38. The molecule has 1 aliphatic carbocycles. The largest absolute Gasteiger partial charge is 0.478 e. The number of rotatable bonds is 2. The van der Waals surface area contributed by atoms with E-state index in [1.807, 2.05) is 12.1 Å². The molecule has 1 aliphatic heterocycles. The number of hydrogen-bond acceptors (Lipinski definition) is 2. The first kappa shape index (κ1) is 13.0. The molecule has 102 valence electrons. The van der Waals surface area contributed by atoms with Gasteiger partial charge in [0.25, 0.3) is 0 Å². The molecule has 2 fully saturated rings. The lowest BCUT2D eigenvalue weighted by Gasteiger charge is -2.34. The molecule has 0 spiro atoms. The van der Waals surface area contributed by atoms with Gasteiger partial charge in [0, 0.05) is 17.1 Å². The Morgan fingerprint density at radius 1 is 1.26 bits per heavy atom. The van der Waals surface area contributed by atoms with Gasteiger partial charge in [-0.05, 0) is 53.2 Å². The maximum absolute atomic E-state index is 11.5. The van der Waals surface area contributed by atoms with Gasteiger partial charge in [-0.3, -0.25) is 0 Å². The van der Waals surface area contributed by atoms with Gasteiger partial charge in [0.15, 0.2) is 0 Å². The van der Waals surface area contributed by atoms with Crippen LogP contribution in [-0.4, -0.2) is 23.7 Å². The van der Waals surface area contributed by atoms with E-state index in [9.17, 15) is 9.90 Å². The lowest BCUT2D eigenvalue weighted by atomic mass is 9.85. The fourth-order valence-electron chi connectivity index (χ4n) is 3.67. The summed E-state index contributed by atoms with van der Waals surface area (Å²) in [6.07, 6.45) is 6.32. The van der Waals surface area contributed by atoms with E-state index in [4.69, 9.17) is 0 Å². The molecule has 1 aromatic rings. The third-order valence-corrected chi connectivity index (χ3v) is 5.19. The van der Waals surface area contributed by atoms with Crippen LogP contribution in [-0.2, 0) is 0 Å². The summed E-state index contributed by atoms with van der Waals surface area (Å²) < 4.78 is 0.678. The van der Waals surface area contributed by atoms with Crippen molar-refractivity contribution in [2.45, 2.75) is 38.1 Å². The molecule has 1 saturated heterocycles. The zero-order valence-electron chi connectivity index (χ0n) is 10.8. The predicted octanol–water partition coefficient (Wildman–Crippen LogP) is 3.92. The average molecular weight is 324 g/mol. The molecule has 0 amide bonds. The van der Waals surface area contributed by atoms with Crippen molar-refractivity contribution in [1.29, 1.82) is 0 Å². The molecule has 3 rings (SSSR count). The van der Waals surface area contributed by atoms with E-state index in [1.165, 1.54) is 32.1 Å². The molecule has 2 aliphatic rings. The Kier molecular flexibility index (Phi) is 3.52. The summed E-state index contributed by atoms with van der Waals surface area (Å²) in [6.45, 7) is 0.992. The molecule has 4 heteroatoms. The summed E-state index contributed by atoms with van der Waals surface area (Å²) in [5.41, 5.74) is 1.30. The van der Waals surface area contributed by atoms with Gasteiger partial charge in [0.1, 0.15) is 0 Å². The highest BCUT2D eigenvalue weighted by molar-refractivity contribution is 9.10. The van der Waals surface area contributed by atoms with Crippen molar-refractivity contribution in [3.63, 3.8) is 0 Å². The normalized spacial score (nSPS) is 26.3. The lowest BCUT2D eigenvalue weighted by Crippen LogP contribution is -2.35. The quantitative estimate of drug-likeness (QED) is 0.896. The SMILES string of the molecule is O=C(O)c1c(Br)cccc1N1CCC2CCCCC21. The second-order valence-corrected chi connectivity index (χ2v) is 6.39. The zero-order valence-corrected chi connectivity index (χ0v) is 12.4. The third-order valence-electron chi connectivity index (χ3n) is 4.52. The van der Waals surface area contributed by atoms with E-state index in [2.05, 4.69) is 20.8 Å². The lowest BCUT2D eigenvalue weighted by molar-refractivity contribution is 0.0696. The van der Waals surface area contributed by atoms with Crippen LogP contribution < -0.4 is 4.90 Å². The van der Waals surface area contributed by atoms with E-state index in [-0.39, 0.29) is 0 Å². The van der Waals surface area contributed by atoms with Gasteiger partial charge >= 0.3 is 5.97 Å². The standard InChI is InChI=1S/C15H18BrNO2/c16-11-5-3-7-13(14(11)15(18)19)17-9-8-10-4-1-2-6-12(10)17/h3,5,7,10,12H,1-2,4,6,8-9H2,(H,18,19). The number of benzene rings is 1. The average Bonchev–Trinajstić information content (AvgIpc) is 2.81. The molecule has 2 unspecified atom stereocenters. The van der Waals surface area contributed by atoms with Crippen LogP contribution in [0.15, 0.2) is 22.7 Å². The minimum Gasteiger partial charge on any atom is -0.478 e. The summed E-state index contributed by atoms with van der Waals surface area (Å²) in [6, 6.07) is 6.23. The van der Waals surface area contributed by atoms with Gasteiger partial charge in [0.2, 0.25) is 0 Å². The maximum atomic E-state index is 11.5. The minimum absolute atomic E-state index is 0.411. The number of hydrogen-bond donors (Lipinski definition) is 1. The van der Waals surface area contributed by atoms with Crippen LogP contribution in [0.5, 0.6) is 0 Å². The van der Waals surface area contributed by atoms with E-state index in [0.29, 0.717) is 16.1 Å². The summed E-state index contributed by atoms with van der Waals surface area (Å²) in [7, 11) is 0. The molecular weight excluding hydrogens is 306 g/mol. The molecule has 19 heavy (non-hydrogen) atoms. The topological polar surface area (TPSA) is 40.5 Å². The van der Waals surface area contributed by atoms with Crippen LogP contribution in [0.4, 0.5) is 5.69 Å². The molecule has 1 aromatic carbocycles. The van der Waals surface area contributed by atoms with Crippen molar-refractivity contribution in [1.82, 2.24) is 0 Å². The predicted molar refractivity (Wildman–Crippen MR) is 78.8 cm³/mol. The van der Waals surface area contributed by atoms with Crippen LogP contribution in [0, 0.1) is 5.92 Å². The monoisotopic (exact) mass is 323 g/mol. The Balaban J connectivity index is 1.98. The molecule has 1 saturated carbocycles. The Hall–Kier alpha value is -1.03. The number of fused-ring (bicyclic) bond motifs is 1. The molecule has 0 aromatic heterocycles. The molecule has 0 radical (unpaired) electrons. The van der Waals surface area contributed by atoms with Crippen molar-refractivity contribution < 1.29 is 9.90 Å². The van der Waals surface area contributed by atoms with Crippen LogP contribution in [0.3, 0.4) is 0 Å². The highest BCUT2D eigenvalue weighted by Gasteiger charge is 2.37. The molecule has 3 nitrogen and oxygen atoms in total. The first-order valence-corrected chi connectivity index (χ1v) is 7.76. The summed E-state index contributed by atoms with van der Waals surface area (Å²) in [4.78, 5) is 13.8. The molecule has 1 N–H and O–H groups in total. The van der Waals surface area contributed by atoms with Gasteiger partial charge in [-0.25, -0.2) is 4.79 Å². The van der Waals surface area contributed by atoms with Crippen molar-refractivity contribution in [3.05, 3.63) is 28.2 Å². The summed E-state index contributed by atoms with van der Waals surface area (Å²) in [5.74, 6) is -0.0869. The number of nitrogens with zero attached hydrogens (tertiary/aromatic N) is 1. The molecule has 2 atom stereocenters. The van der Waals surface area contributed by atoms with Gasteiger partial charge in [0.05, 0.1) is 11.3 Å². The third kappa shape index (κ3) is 2.27. The first-order chi connectivity index (χ1) is 9.18. The van der Waals surface area contributed by atoms with Gasteiger partial charge < -0.3 is 10.0 Å². The highest BCUT2D eigenvalue weighted by atomic mass is 79.9. The smallest absolute Gasteiger partial charge is 0.338 e. The minimum atomic E-state index is -0.846. The van der Waals surface area contributed by atoms with Gasteiger partial charge in [-0.15, -0.1) is 0 Å². The molecule has 1 heterocycles. The van der Waals surface area contributed by atoms with E-state index >= 15 is 0 Å². The van der Waals surface area contributed by atoms with Crippen molar-refractivity contribution >= 4 is 27.6 Å². The van der Waals surface area contributed by atoms with Crippen LogP contribution >= 0.6 is 15.9 Å². The number of carbonyl (C=O) groups is 1. The zero-order chi connectivity index (χ0) is 13.4. The number of carboxylic acids is 1. The highest BCUT2D eigenvalue weighted by Crippen LogP contribution is 2.41. The number of anilines is 1. The van der Waals surface area contributed by atoms with Crippen LogP contribution in [0.2, 0.25) is 0 Å². The van der Waals surface area contributed by atoms with Crippen molar-refractivity contribution in [2.75, 3.05) is 11.4 Å². The second kappa shape index (κ2) is 5.16. The van der Waals surface area contributed by atoms with E-state index < -0.39 is 5.97 Å². The van der Waals surface area contributed by atoms with Gasteiger partial charge in [-0.1, -0.05) is 18.9 Å². The van der Waals surface area contributed by atoms with Crippen molar-refractivity contribution in [2.24, 2.45) is 5.92 Å². The number of aromatic carboxylic acids is 1. The van der Waals surface area contributed by atoms with Crippen molar-refractivity contribution in [3.8, 4) is 0 Å². The fraction of sp³-hybridized carbons (Fsp3) is 0.533. The van der Waals surface area contributed by atoms with E-state index in [1.54, 1.807) is 6.07 Å². The van der Waals surface area contributed by atoms with Gasteiger partial charge in [-0.2, -0.15) is 0 Å². The Bertz CT molecular complexity index is 503. The summed E-state index contributed by atoms with van der Waals surface area (Å²) in [5, 5.41) is 9.45. The van der Waals surface area contributed by atoms with Crippen LogP contribution in [0.25, 0.3) is 0 Å². The maximum Gasteiger partial charge on any atom is 0.338 e. The number of halogens is 1. The Morgan fingerprint density at radius 2 is 2.05 bits per heavy atom. The Labute approximate surface area is 121 Å².